The normalized spacial score (nSPS) is 10.0. The topological polar surface area (TPSA) is 80.3 Å². The van der Waals surface area contributed by atoms with Gasteiger partial charge in [0.1, 0.15) is 22.2 Å². The number of hydrogen-bond donors (Lipinski definition) is 2. The summed E-state index contributed by atoms with van der Waals surface area (Å²) >= 11 is 7.09. The van der Waals surface area contributed by atoms with Crippen LogP contribution in [0.2, 0.25) is 5.02 Å². The molecule has 2 N–H and O–H groups in total. The summed E-state index contributed by atoms with van der Waals surface area (Å²) in [5.74, 6) is 2.52. The van der Waals surface area contributed by atoms with Crippen LogP contribution in [-0.4, -0.2) is 29.9 Å². The Hall–Kier alpha value is -2.56. The Morgan fingerprint density at radius 1 is 1.31 bits per heavy atom. The second-order valence-corrected chi connectivity index (χ2v) is 6.77. The average Bonchev–Trinajstić information content (AvgIpc) is 3.00. The molecule has 0 saturated carbocycles. The highest BCUT2D eigenvalue weighted by Gasteiger charge is 2.15. The summed E-state index contributed by atoms with van der Waals surface area (Å²) in [6.45, 7) is 2.42. The summed E-state index contributed by atoms with van der Waals surface area (Å²) in [5, 5.41) is 6.56. The maximum atomic E-state index is 12.2. The van der Waals surface area contributed by atoms with Crippen LogP contribution in [0.1, 0.15) is 26.8 Å². The molecule has 1 aromatic heterocycles. The van der Waals surface area contributed by atoms with Crippen molar-refractivity contribution in [2.45, 2.75) is 20.0 Å². The quantitative estimate of drug-likeness (QED) is 0.678. The lowest BCUT2D eigenvalue weighted by molar-refractivity contribution is -0.120. The molecule has 0 unspecified atom stereocenters. The van der Waals surface area contributed by atoms with Gasteiger partial charge in [0.25, 0.3) is 5.91 Å². The molecular weight excluding hydrogens is 374 g/mol. The average molecular weight is 392 g/mol. The number of aryl methyl sites for hydroxylation is 1. The molecule has 26 heavy (non-hydrogen) atoms. The number of carbonyl (C=O) groups excluding carboxylic acids is 2. The molecule has 1 aromatic carbocycles. The summed E-state index contributed by atoms with van der Waals surface area (Å²) in [4.78, 5) is 28.5. The van der Waals surface area contributed by atoms with E-state index in [2.05, 4.69) is 21.5 Å². The van der Waals surface area contributed by atoms with Crippen LogP contribution in [0, 0.1) is 19.3 Å². The van der Waals surface area contributed by atoms with Crippen LogP contribution in [0.25, 0.3) is 0 Å². The molecule has 8 heteroatoms. The van der Waals surface area contributed by atoms with Gasteiger partial charge in [-0.2, -0.15) is 0 Å². The highest BCUT2D eigenvalue weighted by Crippen LogP contribution is 2.21. The van der Waals surface area contributed by atoms with Gasteiger partial charge in [0.2, 0.25) is 5.91 Å². The van der Waals surface area contributed by atoms with Gasteiger partial charge in [-0.15, -0.1) is 17.8 Å². The van der Waals surface area contributed by atoms with E-state index in [1.165, 1.54) is 11.3 Å². The van der Waals surface area contributed by atoms with Gasteiger partial charge in [0.05, 0.1) is 12.2 Å². The van der Waals surface area contributed by atoms with Gasteiger partial charge in [0, 0.05) is 18.0 Å². The predicted molar refractivity (Wildman–Crippen MR) is 101 cm³/mol. The molecule has 2 rings (SSSR count). The molecule has 136 valence electrons. The highest BCUT2D eigenvalue weighted by atomic mass is 35.5. The Bertz CT molecular complexity index is 812. The lowest BCUT2D eigenvalue weighted by Gasteiger charge is -2.04. The summed E-state index contributed by atoms with van der Waals surface area (Å²) in [6, 6.07) is 7.01. The Labute approximate surface area is 160 Å². The second kappa shape index (κ2) is 9.80. The van der Waals surface area contributed by atoms with E-state index in [0.717, 1.165) is 0 Å². The smallest absolute Gasteiger partial charge is 0.263 e. The fourth-order valence-electron chi connectivity index (χ4n) is 2.01. The molecule has 1 heterocycles. The molecule has 2 amide bonds. The molecule has 0 atom stereocenters. The summed E-state index contributed by atoms with van der Waals surface area (Å²) in [6.07, 6.45) is 5.23. The van der Waals surface area contributed by atoms with E-state index in [0.29, 0.717) is 26.4 Å². The molecule has 0 radical (unpaired) electrons. The van der Waals surface area contributed by atoms with Crippen molar-refractivity contribution in [1.82, 2.24) is 15.6 Å². The van der Waals surface area contributed by atoms with E-state index in [1.54, 1.807) is 31.2 Å². The van der Waals surface area contributed by atoms with Gasteiger partial charge in [-0.05, 0) is 31.2 Å². The zero-order chi connectivity index (χ0) is 18.9. The molecule has 0 spiro atoms. The number of nitrogens with one attached hydrogen (secondary N) is 2. The molecule has 0 fully saturated rings. The van der Waals surface area contributed by atoms with Gasteiger partial charge < -0.3 is 15.4 Å². The number of terminal acetylenes is 1. The van der Waals surface area contributed by atoms with Gasteiger partial charge in [-0.1, -0.05) is 17.5 Å². The number of amides is 2. The maximum Gasteiger partial charge on any atom is 0.263 e. The fraction of sp³-hybridized carbons (Fsp3) is 0.278. The van der Waals surface area contributed by atoms with Crippen LogP contribution in [-0.2, 0) is 11.4 Å². The van der Waals surface area contributed by atoms with Crippen molar-refractivity contribution >= 4 is 34.8 Å². The predicted octanol–water partition coefficient (Wildman–Crippen LogP) is 2.55. The first-order valence-corrected chi connectivity index (χ1v) is 9.02. The van der Waals surface area contributed by atoms with Crippen molar-refractivity contribution in [3.05, 3.63) is 44.9 Å². The third-order valence-corrected chi connectivity index (χ3v) is 4.63. The van der Waals surface area contributed by atoms with Crippen molar-refractivity contribution < 1.29 is 14.3 Å². The Kier molecular flexibility index (Phi) is 7.45. The third-order valence-electron chi connectivity index (χ3n) is 3.25. The van der Waals surface area contributed by atoms with Crippen LogP contribution >= 0.6 is 22.9 Å². The number of hydrogen-bond acceptors (Lipinski definition) is 5. The van der Waals surface area contributed by atoms with E-state index < -0.39 is 0 Å². The molecule has 0 aliphatic heterocycles. The molecule has 2 aromatic rings. The number of thiazole rings is 1. The minimum atomic E-state index is -0.262. The molecule has 0 bridgehead atoms. The van der Waals surface area contributed by atoms with Crippen LogP contribution in [0.3, 0.4) is 0 Å². The Morgan fingerprint density at radius 2 is 2.04 bits per heavy atom. The van der Waals surface area contributed by atoms with Gasteiger partial charge in [0.15, 0.2) is 0 Å². The van der Waals surface area contributed by atoms with E-state index >= 15 is 0 Å². The third kappa shape index (κ3) is 6.06. The monoisotopic (exact) mass is 391 g/mol. The highest BCUT2D eigenvalue weighted by molar-refractivity contribution is 7.13. The van der Waals surface area contributed by atoms with Crippen molar-refractivity contribution in [2.75, 3.05) is 13.1 Å². The number of ether oxygens (including phenoxy) is 1. The summed E-state index contributed by atoms with van der Waals surface area (Å²) in [5.41, 5.74) is 0.624. The zero-order valence-corrected chi connectivity index (χ0v) is 15.7. The number of rotatable bonds is 8. The van der Waals surface area contributed by atoms with Crippen LogP contribution < -0.4 is 15.4 Å². The number of carbonyl (C=O) groups is 2. The standard InChI is InChI=1S/C18H18ClN3O3S/c1-3-9-20-15(23)8-10-21-18(24)17-12(2)22-16(26-17)11-25-14-6-4-13(19)5-7-14/h1,4-7H,8-11H2,2H3,(H,20,23)(H,21,24). The molecule has 0 aliphatic rings. The maximum absolute atomic E-state index is 12.2. The van der Waals surface area contributed by atoms with E-state index in [-0.39, 0.29) is 37.9 Å². The molecule has 0 saturated heterocycles. The first kappa shape index (κ1) is 19.8. The number of benzene rings is 1. The number of aromatic nitrogens is 1. The van der Waals surface area contributed by atoms with Gasteiger partial charge in [-0.3, -0.25) is 9.59 Å². The lowest BCUT2D eigenvalue weighted by atomic mass is 10.3. The Balaban J connectivity index is 1.84. The van der Waals surface area contributed by atoms with Crippen LogP contribution in [0.15, 0.2) is 24.3 Å². The first-order chi connectivity index (χ1) is 12.5. The largest absolute Gasteiger partial charge is 0.486 e. The van der Waals surface area contributed by atoms with Gasteiger partial charge in [-0.25, -0.2) is 4.98 Å². The van der Waals surface area contributed by atoms with Gasteiger partial charge >= 0.3 is 0 Å². The van der Waals surface area contributed by atoms with E-state index in [9.17, 15) is 9.59 Å². The van der Waals surface area contributed by atoms with Crippen molar-refractivity contribution in [2.24, 2.45) is 0 Å². The first-order valence-electron chi connectivity index (χ1n) is 7.82. The van der Waals surface area contributed by atoms with Crippen molar-refractivity contribution in [3.8, 4) is 18.1 Å². The Morgan fingerprint density at radius 3 is 2.73 bits per heavy atom. The minimum Gasteiger partial charge on any atom is -0.486 e. The second-order valence-electron chi connectivity index (χ2n) is 5.25. The zero-order valence-electron chi connectivity index (χ0n) is 14.2. The number of halogens is 1. The summed E-state index contributed by atoms with van der Waals surface area (Å²) < 4.78 is 5.63. The SMILES string of the molecule is C#CCNC(=O)CCNC(=O)c1sc(COc2ccc(Cl)cc2)nc1C. The molecule has 6 nitrogen and oxygen atoms in total. The van der Waals surface area contributed by atoms with Crippen LogP contribution in [0.5, 0.6) is 5.75 Å². The summed E-state index contributed by atoms with van der Waals surface area (Å²) in [7, 11) is 0. The number of nitrogens with zero attached hydrogens (tertiary/aromatic N) is 1. The minimum absolute atomic E-state index is 0.164. The lowest BCUT2D eigenvalue weighted by Crippen LogP contribution is -2.30. The fourth-order valence-corrected chi connectivity index (χ4v) is 3.03. The molecular formula is C18H18ClN3O3S. The van der Waals surface area contributed by atoms with Crippen molar-refractivity contribution in [1.29, 1.82) is 0 Å². The van der Waals surface area contributed by atoms with Crippen LogP contribution in [0.4, 0.5) is 0 Å². The van der Waals surface area contributed by atoms with E-state index in [1.807, 2.05) is 0 Å². The molecule has 0 aliphatic carbocycles. The van der Waals surface area contributed by atoms with E-state index in [4.69, 9.17) is 22.8 Å². The van der Waals surface area contributed by atoms with Crippen molar-refractivity contribution in [3.63, 3.8) is 0 Å².